The Balaban J connectivity index is 1.75. The molecule has 1 saturated carbocycles. The van der Waals surface area contributed by atoms with Gasteiger partial charge in [-0.05, 0) is 50.5 Å². The molecule has 1 aliphatic carbocycles. The van der Waals surface area contributed by atoms with Gasteiger partial charge in [-0.15, -0.1) is 0 Å². The third kappa shape index (κ3) is 4.66. The lowest BCUT2D eigenvalue weighted by molar-refractivity contribution is -0.147. The summed E-state index contributed by atoms with van der Waals surface area (Å²) >= 11 is 0. The van der Waals surface area contributed by atoms with Crippen LogP contribution in [0.25, 0.3) is 0 Å². The highest BCUT2D eigenvalue weighted by Crippen LogP contribution is 2.29. The lowest BCUT2D eigenvalue weighted by Gasteiger charge is -2.36. The van der Waals surface area contributed by atoms with E-state index >= 15 is 0 Å². The molecule has 2 amide bonds. The van der Waals surface area contributed by atoms with Crippen molar-refractivity contribution in [2.24, 2.45) is 13.0 Å². The van der Waals surface area contributed by atoms with Gasteiger partial charge in [0.1, 0.15) is 12.3 Å². The van der Waals surface area contributed by atoms with Crippen molar-refractivity contribution in [3.05, 3.63) is 48.2 Å². The number of hydrogen-bond acceptors (Lipinski definition) is 3. The van der Waals surface area contributed by atoms with Crippen LogP contribution >= 0.6 is 0 Å². The number of carbonyl (C=O) groups is 2. The molecule has 0 aliphatic heterocycles. The van der Waals surface area contributed by atoms with E-state index in [2.05, 4.69) is 6.92 Å². The predicted molar refractivity (Wildman–Crippen MR) is 107 cm³/mol. The minimum Gasteiger partial charge on any atom is -0.467 e. The number of nitrogens with zero attached hydrogens (tertiary/aromatic N) is 3. The number of hydrogen-bond donors (Lipinski definition) is 0. The number of aryl methyl sites for hydroxylation is 1. The zero-order valence-corrected chi connectivity index (χ0v) is 17.1. The van der Waals surface area contributed by atoms with E-state index in [-0.39, 0.29) is 30.3 Å². The first-order valence-corrected chi connectivity index (χ1v) is 10.2. The Morgan fingerprint density at radius 2 is 2.04 bits per heavy atom. The zero-order chi connectivity index (χ0) is 20.1. The monoisotopic (exact) mass is 385 g/mol. The highest BCUT2D eigenvalue weighted by molar-refractivity contribution is 5.86. The third-order valence-corrected chi connectivity index (χ3v) is 5.85. The van der Waals surface area contributed by atoms with Crippen LogP contribution in [0.15, 0.2) is 41.1 Å². The van der Waals surface area contributed by atoms with Crippen molar-refractivity contribution < 1.29 is 14.0 Å². The molecule has 6 heteroatoms. The van der Waals surface area contributed by atoms with Crippen molar-refractivity contribution in [1.82, 2.24) is 14.4 Å². The molecule has 0 N–H and O–H groups in total. The summed E-state index contributed by atoms with van der Waals surface area (Å²) in [6, 6.07) is 7.73. The molecule has 2 aromatic heterocycles. The molecular formula is C22H31N3O3. The Morgan fingerprint density at radius 3 is 2.57 bits per heavy atom. The SMILES string of the molecule is CCC(C)N(CC(=O)N(Cc1ccco1)Cc1cccn1C)C(=O)C1CCC1. The summed E-state index contributed by atoms with van der Waals surface area (Å²) in [4.78, 5) is 29.7. The number of carbonyl (C=O) groups excluding carboxylic acids is 2. The normalized spacial score (nSPS) is 15.1. The molecule has 28 heavy (non-hydrogen) atoms. The van der Waals surface area contributed by atoms with Gasteiger partial charge in [-0.25, -0.2) is 0 Å². The van der Waals surface area contributed by atoms with Crippen LogP contribution in [0.4, 0.5) is 0 Å². The first-order chi connectivity index (χ1) is 13.5. The van der Waals surface area contributed by atoms with Crippen molar-refractivity contribution in [3.8, 4) is 0 Å². The number of aromatic nitrogens is 1. The van der Waals surface area contributed by atoms with Crippen LogP contribution in [0, 0.1) is 5.92 Å². The summed E-state index contributed by atoms with van der Waals surface area (Å²) in [7, 11) is 1.97. The summed E-state index contributed by atoms with van der Waals surface area (Å²) in [5, 5.41) is 0. The molecule has 1 fully saturated rings. The topological polar surface area (TPSA) is 58.7 Å². The molecule has 2 heterocycles. The van der Waals surface area contributed by atoms with E-state index in [0.717, 1.165) is 37.1 Å². The van der Waals surface area contributed by atoms with Gasteiger partial charge in [-0.3, -0.25) is 9.59 Å². The second-order valence-electron chi connectivity index (χ2n) is 7.79. The lowest BCUT2D eigenvalue weighted by Crippen LogP contribution is -2.49. The maximum Gasteiger partial charge on any atom is 0.242 e. The van der Waals surface area contributed by atoms with Crippen LogP contribution in [0.3, 0.4) is 0 Å². The molecule has 0 radical (unpaired) electrons. The third-order valence-electron chi connectivity index (χ3n) is 5.85. The highest BCUT2D eigenvalue weighted by atomic mass is 16.3. The second-order valence-corrected chi connectivity index (χ2v) is 7.79. The maximum absolute atomic E-state index is 13.3. The molecule has 1 aliphatic rings. The Kier molecular flexibility index (Phi) is 6.60. The number of amides is 2. The second kappa shape index (κ2) is 9.13. The van der Waals surface area contributed by atoms with Crippen molar-refractivity contribution in [2.75, 3.05) is 6.54 Å². The maximum atomic E-state index is 13.3. The predicted octanol–water partition coefficient (Wildman–Crippen LogP) is 3.57. The van der Waals surface area contributed by atoms with E-state index in [1.165, 1.54) is 0 Å². The van der Waals surface area contributed by atoms with Crippen molar-refractivity contribution in [1.29, 1.82) is 0 Å². The molecular weight excluding hydrogens is 354 g/mol. The van der Waals surface area contributed by atoms with Crippen LogP contribution < -0.4 is 0 Å². The fourth-order valence-electron chi connectivity index (χ4n) is 3.49. The average Bonchev–Trinajstić information content (AvgIpc) is 3.28. The first-order valence-electron chi connectivity index (χ1n) is 10.2. The molecule has 6 nitrogen and oxygen atoms in total. The quantitative estimate of drug-likeness (QED) is 0.663. The minimum atomic E-state index is -0.0504. The lowest BCUT2D eigenvalue weighted by atomic mass is 9.84. The standard InChI is InChI=1S/C22H31N3O3/c1-4-17(2)25(22(27)18-8-5-9-18)16-21(26)24(15-20-11-7-13-28-20)14-19-10-6-12-23(19)3/h6-7,10-13,17-18H,4-5,8-9,14-16H2,1-3H3. The van der Waals surface area contributed by atoms with E-state index in [1.54, 1.807) is 16.1 Å². The van der Waals surface area contributed by atoms with Crippen LogP contribution in [0.2, 0.25) is 0 Å². The summed E-state index contributed by atoms with van der Waals surface area (Å²) in [6.07, 6.45) is 7.42. The molecule has 1 unspecified atom stereocenters. The van der Waals surface area contributed by atoms with Gasteiger partial charge >= 0.3 is 0 Å². The highest BCUT2D eigenvalue weighted by Gasteiger charge is 2.33. The zero-order valence-electron chi connectivity index (χ0n) is 17.1. The van der Waals surface area contributed by atoms with Crippen LogP contribution in [-0.2, 0) is 29.7 Å². The van der Waals surface area contributed by atoms with E-state index in [9.17, 15) is 9.59 Å². The molecule has 0 aromatic carbocycles. The number of rotatable bonds is 9. The molecule has 0 saturated heterocycles. The Bertz CT molecular complexity index is 777. The van der Waals surface area contributed by atoms with Crippen LogP contribution in [0.5, 0.6) is 0 Å². The van der Waals surface area contributed by atoms with E-state index in [1.807, 2.05) is 49.0 Å². The van der Waals surface area contributed by atoms with Crippen molar-refractivity contribution in [3.63, 3.8) is 0 Å². The van der Waals surface area contributed by atoms with Gasteiger partial charge in [0, 0.05) is 30.9 Å². The van der Waals surface area contributed by atoms with Gasteiger partial charge in [0.25, 0.3) is 0 Å². The van der Waals surface area contributed by atoms with E-state index in [0.29, 0.717) is 13.1 Å². The average molecular weight is 386 g/mol. The van der Waals surface area contributed by atoms with Gasteiger partial charge in [0.05, 0.1) is 19.4 Å². The Hall–Kier alpha value is -2.50. The summed E-state index contributed by atoms with van der Waals surface area (Å²) in [5.74, 6) is 0.910. The van der Waals surface area contributed by atoms with Gasteiger partial charge in [0.2, 0.25) is 11.8 Å². The van der Waals surface area contributed by atoms with Crippen molar-refractivity contribution >= 4 is 11.8 Å². The molecule has 0 bridgehead atoms. The van der Waals surface area contributed by atoms with Gasteiger partial charge in [-0.1, -0.05) is 13.3 Å². The van der Waals surface area contributed by atoms with Crippen LogP contribution in [0.1, 0.15) is 51.0 Å². The molecule has 152 valence electrons. The fourth-order valence-corrected chi connectivity index (χ4v) is 3.49. The number of furan rings is 1. The molecule has 3 rings (SSSR count). The first kappa shape index (κ1) is 20.2. The van der Waals surface area contributed by atoms with Gasteiger partial charge in [0.15, 0.2) is 0 Å². The summed E-state index contributed by atoms with van der Waals surface area (Å²) in [6.45, 7) is 5.08. The van der Waals surface area contributed by atoms with E-state index in [4.69, 9.17) is 4.42 Å². The minimum absolute atomic E-state index is 0.0504. The fraction of sp³-hybridized carbons (Fsp3) is 0.545. The van der Waals surface area contributed by atoms with Gasteiger partial charge < -0.3 is 18.8 Å². The molecule has 0 spiro atoms. The van der Waals surface area contributed by atoms with Crippen LogP contribution in [-0.4, -0.2) is 38.8 Å². The molecule has 2 aromatic rings. The molecule has 1 atom stereocenters. The smallest absolute Gasteiger partial charge is 0.242 e. The Labute approximate surface area is 167 Å². The largest absolute Gasteiger partial charge is 0.467 e. The van der Waals surface area contributed by atoms with E-state index < -0.39 is 0 Å². The summed E-state index contributed by atoms with van der Waals surface area (Å²) < 4.78 is 7.48. The van der Waals surface area contributed by atoms with Crippen molar-refractivity contribution in [2.45, 2.75) is 58.7 Å². The summed E-state index contributed by atoms with van der Waals surface area (Å²) in [5.41, 5.74) is 1.04. The Morgan fingerprint density at radius 1 is 1.25 bits per heavy atom. The van der Waals surface area contributed by atoms with Gasteiger partial charge in [-0.2, -0.15) is 0 Å².